The van der Waals surface area contributed by atoms with Crippen LogP contribution in [0.3, 0.4) is 0 Å². The SMILES string of the molecule is COC(=O)c1ccc(CSc2ccc(-c3ccc(C)c(C)c3)nn2)o1. The highest BCUT2D eigenvalue weighted by atomic mass is 32.2. The van der Waals surface area contributed by atoms with Crippen LogP contribution >= 0.6 is 11.8 Å². The van der Waals surface area contributed by atoms with E-state index in [-0.39, 0.29) is 5.76 Å². The second kappa shape index (κ2) is 7.53. The number of benzene rings is 1. The van der Waals surface area contributed by atoms with Crippen molar-refractivity contribution in [2.45, 2.75) is 24.6 Å². The van der Waals surface area contributed by atoms with Crippen molar-refractivity contribution < 1.29 is 13.9 Å². The molecule has 25 heavy (non-hydrogen) atoms. The molecule has 0 unspecified atom stereocenters. The van der Waals surface area contributed by atoms with Crippen LogP contribution in [0.4, 0.5) is 0 Å². The zero-order chi connectivity index (χ0) is 17.8. The number of carbonyl (C=O) groups is 1. The van der Waals surface area contributed by atoms with Crippen molar-refractivity contribution >= 4 is 17.7 Å². The highest BCUT2D eigenvalue weighted by Crippen LogP contribution is 2.24. The van der Waals surface area contributed by atoms with Crippen molar-refractivity contribution in [3.8, 4) is 11.3 Å². The van der Waals surface area contributed by atoms with Gasteiger partial charge < -0.3 is 9.15 Å². The van der Waals surface area contributed by atoms with Crippen LogP contribution in [0.25, 0.3) is 11.3 Å². The number of esters is 1. The van der Waals surface area contributed by atoms with Gasteiger partial charge in [-0.2, -0.15) is 0 Å². The predicted molar refractivity (Wildman–Crippen MR) is 96.6 cm³/mol. The highest BCUT2D eigenvalue weighted by molar-refractivity contribution is 7.98. The van der Waals surface area contributed by atoms with E-state index in [0.29, 0.717) is 11.5 Å². The van der Waals surface area contributed by atoms with Crippen molar-refractivity contribution in [3.63, 3.8) is 0 Å². The molecule has 0 fully saturated rings. The molecular formula is C19H18N2O3S. The third kappa shape index (κ3) is 4.09. The molecule has 0 saturated heterocycles. The number of furan rings is 1. The van der Waals surface area contributed by atoms with E-state index in [9.17, 15) is 4.79 Å². The molecule has 0 amide bonds. The fourth-order valence-electron chi connectivity index (χ4n) is 2.26. The number of hydrogen-bond donors (Lipinski definition) is 0. The quantitative estimate of drug-likeness (QED) is 0.499. The first-order chi connectivity index (χ1) is 12.1. The van der Waals surface area contributed by atoms with Gasteiger partial charge in [0.25, 0.3) is 0 Å². The average Bonchev–Trinajstić information content (AvgIpc) is 3.11. The van der Waals surface area contributed by atoms with E-state index >= 15 is 0 Å². The summed E-state index contributed by atoms with van der Waals surface area (Å²) in [5.41, 5.74) is 4.39. The maximum atomic E-state index is 11.4. The fourth-order valence-corrected chi connectivity index (χ4v) is 2.97. The summed E-state index contributed by atoms with van der Waals surface area (Å²) in [6.07, 6.45) is 0. The normalized spacial score (nSPS) is 10.7. The Balaban J connectivity index is 1.65. The lowest BCUT2D eigenvalue weighted by atomic mass is 10.0. The van der Waals surface area contributed by atoms with Crippen molar-refractivity contribution in [2.24, 2.45) is 0 Å². The van der Waals surface area contributed by atoms with Gasteiger partial charge in [0.2, 0.25) is 5.76 Å². The van der Waals surface area contributed by atoms with Crippen molar-refractivity contribution in [1.82, 2.24) is 10.2 Å². The van der Waals surface area contributed by atoms with Gasteiger partial charge in [-0.05, 0) is 55.3 Å². The number of nitrogens with zero attached hydrogens (tertiary/aromatic N) is 2. The van der Waals surface area contributed by atoms with E-state index in [2.05, 4.69) is 47.0 Å². The topological polar surface area (TPSA) is 65.2 Å². The van der Waals surface area contributed by atoms with Crippen LogP contribution in [0, 0.1) is 13.8 Å². The molecule has 0 bridgehead atoms. The monoisotopic (exact) mass is 354 g/mol. The van der Waals surface area contributed by atoms with Gasteiger partial charge in [0.05, 0.1) is 18.6 Å². The lowest BCUT2D eigenvalue weighted by Crippen LogP contribution is -1.98. The number of carbonyl (C=O) groups excluding carboxylic acids is 1. The summed E-state index contributed by atoms with van der Waals surface area (Å²) < 4.78 is 10.1. The number of aromatic nitrogens is 2. The average molecular weight is 354 g/mol. The van der Waals surface area contributed by atoms with Gasteiger partial charge in [0, 0.05) is 5.56 Å². The van der Waals surface area contributed by atoms with Crippen LogP contribution in [0.1, 0.15) is 27.4 Å². The van der Waals surface area contributed by atoms with E-state index in [1.165, 1.54) is 30.0 Å². The summed E-state index contributed by atoms with van der Waals surface area (Å²) in [4.78, 5) is 11.4. The van der Waals surface area contributed by atoms with Crippen LogP contribution in [0.5, 0.6) is 0 Å². The number of aryl methyl sites for hydroxylation is 2. The second-order valence-electron chi connectivity index (χ2n) is 5.60. The van der Waals surface area contributed by atoms with Crippen LogP contribution in [-0.4, -0.2) is 23.3 Å². The Labute approximate surface area is 150 Å². The van der Waals surface area contributed by atoms with Crippen LogP contribution in [0.15, 0.2) is 51.9 Å². The molecule has 5 nitrogen and oxygen atoms in total. The summed E-state index contributed by atoms with van der Waals surface area (Å²) in [6.45, 7) is 4.17. The highest BCUT2D eigenvalue weighted by Gasteiger charge is 2.11. The molecule has 128 valence electrons. The molecule has 2 aromatic heterocycles. The van der Waals surface area contributed by atoms with Gasteiger partial charge in [-0.25, -0.2) is 4.79 Å². The number of ether oxygens (including phenoxy) is 1. The fraction of sp³-hybridized carbons (Fsp3) is 0.211. The minimum Gasteiger partial charge on any atom is -0.463 e. The Hall–Kier alpha value is -2.60. The number of hydrogen-bond acceptors (Lipinski definition) is 6. The Morgan fingerprint density at radius 3 is 2.60 bits per heavy atom. The van der Waals surface area contributed by atoms with Gasteiger partial charge in [-0.15, -0.1) is 10.2 Å². The van der Waals surface area contributed by atoms with Gasteiger partial charge in [-0.3, -0.25) is 0 Å². The van der Waals surface area contributed by atoms with E-state index in [1.54, 1.807) is 12.1 Å². The third-order valence-corrected chi connectivity index (χ3v) is 4.80. The lowest BCUT2D eigenvalue weighted by molar-refractivity contribution is 0.0563. The molecule has 0 radical (unpaired) electrons. The minimum absolute atomic E-state index is 0.203. The van der Waals surface area contributed by atoms with Gasteiger partial charge >= 0.3 is 5.97 Å². The smallest absolute Gasteiger partial charge is 0.373 e. The first kappa shape index (κ1) is 17.2. The van der Waals surface area contributed by atoms with Crippen molar-refractivity contribution in [2.75, 3.05) is 7.11 Å². The third-order valence-electron chi connectivity index (χ3n) is 3.85. The Morgan fingerprint density at radius 2 is 1.92 bits per heavy atom. The second-order valence-corrected chi connectivity index (χ2v) is 6.60. The molecule has 2 heterocycles. The van der Waals surface area contributed by atoms with Crippen molar-refractivity contribution in [3.05, 3.63) is 65.1 Å². The van der Waals surface area contributed by atoms with E-state index in [0.717, 1.165) is 16.3 Å². The minimum atomic E-state index is -0.478. The zero-order valence-corrected chi connectivity index (χ0v) is 15.1. The standard InChI is InChI=1S/C19H18N2O3S/c1-12-4-5-14(10-13(12)2)16-7-9-18(21-20-16)25-11-15-6-8-17(24-15)19(22)23-3/h4-10H,11H2,1-3H3. The molecular weight excluding hydrogens is 336 g/mol. The maximum absolute atomic E-state index is 11.4. The molecule has 0 atom stereocenters. The maximum Gasteiger partial charge on any atom is 0.373 e. The Kier molecular flexibility index (Phi) is 5.19. The summed E-state index contributed by atoms with van der Waals surface area (Å²) in [5, 5.41) is 9.36. The lowest BCUT2D eigenvalue weighted by Gasteiger charge is -2.05. The number of thioether (sulfide) groups is 1. The first-order valence-electron chi connectivity index (χ1n) is 7.78. The molecule has 0 aliphatic rings. The molecule has 1 aromatic carbocycles. The summed E-state index contributed by atoms with van der Waals surface area (Å²) in [7, 11) is 1.33. The van der Waals surface area contributed by atoms with Crippen LogP contribution in [0.2, 0.25) is 0 Å². The Bertz CT molecular complexity index is 888. The molecule has 0 aliphatic carbocycles. The Morgan fingerprint density at radius 1 is 1.08 bits per heavy atom. The van der Waals surface area contributed by atoms with Crippen molar-refractivity contribution in [1.29, 1.82) is 0 Å². The summed E-state index contributed by atoms with van der Waals surface area (Å²) in [5.74, 6) is 0.975. The van der Waals surface area contributed by atoms with Crippen LogP contribution in [-0.2, 0) is 10.5 Å². The van der Waals surface area contributed by atoms with E-state index < -0.39 is 5.97 Å². The summed E-state index contributed by atoms with van der Waals surface area (Å²) in [6, 6.07) is 13.5. The van der Waals surface area contributed by atoms with Crippen LogP contribution < -0.4 is 0 Å². The van der Waals surface area contributed by atoms with E-state index in [4.69, 9.17) is 4.42 Å². The molecule has 0 saturated carbocycles. The largest absolute Gasteiger partial charge is 0.463 e. The number of methoxy groups -OCH3 is 1. The first-order valence-corrected chi connectivity index (χ1v) is 8.76. The van der Waals surface area contributed by atoms with Gasteiger partial charge in [0.1, 0.15) is 10.8 Å². The summed E-state index contributed by atoms with van der Waals surface area (Å²) >= 11 is 1.50. The predicted octanol–water partition coefficient (Wildman–Crippen LogP) is 4.43. The molecule has 6 heteroatoms. The molecule has 3 rings (SSSR count). The molecule has 0 aliphatic heterocycles. The van der Waals surface area contributed by atoms with Gasteiger partial charge in [-0.1, -0.05) is 23.9 Å². The molecule has 3 aromatic rings. The number of rotatable bonds is 5. The van der Waals surface area contributed by atoms with E-state index in [1.807, 2.05) is 12.1 Å². The molecule has 0 spiro atoms. The van der Waals surface area contributed by atoms with Gasteiger partial charge in [0.15, 0.2) is 0 Å². The zero-order valence-electron chi connectivity index (χ0n) is 14.3. The molecule has 0 N–H and O–H groups in total.